The van der Waals surface area contributed by atoms with Gasteiger partial charge in [0, 0.05) is 5.57 Å². The second-order valence-corrected chi connectivity index (χ2v) is 5.51. The van der Waals surface area contributed by atoms with E-state index in [9.17, 15) is 4.79 Å². The fraction of sp³-hybridized carbons (Fsp3) is 0.824. The first-order chi connectivity index (χ1) is 9.11. The molecule has 0 heterocycles. The minimum Gasteiger partial charge on any atom is -0.462 e. The van der Waals surface area contributed by atoms with Crippen LogP contribution in [-0.2, 0) is 9.53 Å². The molecule has 0 bridgehead atoms. The molecule has 0 aromatic heterocycles. The molecule has 0 rings (SSSR count). The van der Waals surface area contributed by atoms with Gasteiger partial charge >= 0.3 is 5.97 Å². The van der Waals surface area contributed by atoms with Crippen molar-refractivity contribution in [1.29, 1.82) is 0 Å². The molecular formula is C17H32O2. The molecule has 0 amide bonds. The number of rotatable bonds is 12. The summed E-state index contributed by atoms with van der Waals surface area (Å²) in [4.78, 5) is 11.1. The number of esters is 1. The van der Waals surface area contributed by atoms with Crippen molar-refractivity contribution in [2.24, 2.45) is 5.92 Å². The van der Waals surface area contributed by atoms with Crippen molar-refractivity contribution in [3.05, 3.63) is 12.2 Å². The largest absolute Gasteiger partial charge is 0.462 e. The maximum Gasteiger partial charge on any atom is 0.333 e. The Morgan fingerprint density at radius 2 is 1.53 bits per heavy atom. The Kier molecular flexibility index (Phi) is 11.7. The van der Waals surface area contributed by atoms with E-state index in [1.807, 2.05) is 0 Å². The zero-order chi connectivity index (χ0) is 14.5. The number of carbonyl (C=O) groups excluding carboxylic acids is 1. The van der Waals surface area contributed by atoms with E-state index in [1.54, 1.807) is 6.92 Å². The first-order valence-corrected chi connectivity index (χ1v) is 7.94. The first-order valence-electron chi connectivity index (χ1n) is 7.94. The van der Waals surface area contributed by atoms with Crippen LogP contribution in [-0.4, -0.2) is 12.6 Å². The molecule has 0 spiro atoms. The van der Waals surface area contributed by atoms with Gasteiger partial charge in [0.2, 0.25) is 0 Å². The van der Waals surface area contributed by atoms with E-state index in [1.165, 1.54) is 44.9 Å². The van der Waals surface area contributed by atoms with Crippen LogP contribution >= 0.6 is 0 Å². The second-order valence-electron chi connectivity index (χ2n) is 5.51. The van der Waals surface area contributed by atoms with Crippen LogP contribution in [0.3, 0.4) is 0 Å². The molecule has 0 aliphatic heterocycles. The topological polar surface area (TPSA) is 26.3 Å². The molecule has 2 nitrogen and oxygen atoms in total. The zero-order valence-corrected chi connectivity index (χ0v) is 13.2. The monoisotopic (exact) mass is 268 g/mol. The highest BCUT2D eigenvalue weighted by molar-refractivity contribution is 5.86. The average Bonchev–Trinajstić information content (AvgIpc) is 2.40. The molecule has 0 aliphatic rings. The van der Waals surface area contributed by atoms with Gasteiger partial charge in [0.25, 0.3) is 0 Å². The lowest BCUT2D eigenvalue weighted by Crippen LogP contribution is -2.05. The van der Waals surface area contributed by atoms with Crippen molar-refractivity contribution >= 4 is 5.97 Å². The Bertz CT molecular complexity index is 242. The Balaban J connectivity index is 3.23. The van der Waals surface area contributed by atoms with Crippen molar-refractivity contribution in [1.82, 2.24) is 0 Å². The molecule has 0 radical (unpaired) electrons. The Morgan fingerprint density at radius 3 is 2.05 bits per heavy atom. The molecule has 0 N–H and O–H groups in total. The molecule has 2 heteroatoms. The average molecular weight is 268 g/mol. The number of ether oxygens (including phenoxy) is 1. The van der Waals surface area contributed by atoms with Gasteiger partial charge in [0.15, 0.2) is 0 Å². The molecular weight excluding hydrogens is 236 g/mol. The molecule has 112 valence electrons. The van der Waals surface area contributed by atoms with Gasteiger partial charge in [-0.25, -0.2) is 4.79 Å². The van der Waals surface area contributed by atoms with Crippen molar-refractivity contribution in [2.75, 3.05) is 6.61 Å². The molecule has 0 saturated carbocycles. The third-order valence-electron chi connectivity index (χ3n) is 3.74. The van der Waals surface area contributed by atoms with Crippen LogP contribution in [0.5, 0.6) is 0 Å². The lowest BCUT2D eigenvalue weighted by Gasteiger charge is -2.11. The van der Waals surface area contributed by atoms with Crippen LogP contribution in [0.1, 0.15) is 78.6 Å². The summed E-state index contributed by atoms with van der Waals surface area (Å²) in [5.74, 6) is 0.673. The van der Waals surface area contributed by atoms with E-state index < -0.39 is 0 Å². The van der Waals surface area contributed by atoms with Crippen LogP contribution < -0.4 is 0 Å². The lowest BCUT2D eigenvalue weighted by atomic mass is 9.96. The van der Waals surface area contributed by atoms with Gasteiger partial charge in [-0.3, -0.25) is 0 Å². The van der Waals surface area contributed by atoms with Gasteiger partial charge in [-0.2, -0.15) is 0 Å². The van der Waals surface area contributed by atoms with E-state index in [4.69, 9.17) is 4.74 Å². The molecule has 0 aliphatic carbocycles. The van der Waals surface area contributed by atoms with Crippen molar-refractivity contribution in [3.63, 3.8) is 0 Å². The number of carbonyl (C=O) groups is 1. The summed E-state index contributed by atoms with van der Waals surface area (Å²) in [5, 5.41) is 0. The normalized spacial score (nSPS) is 10.7. The SMILES string of the molecule is C=C(C)C(=O)OCCCCCCCCC(CC)CC. The third-order valence-corrected chi connectivity index (χ3v) is 3.74. The summed E-state index contributed by atoms with van der Waals surface area (Å²) in [6.45, 7) is 10.4. The lowest BCUT2D eigenvalue weighted by molar-refractivity contribution is -0.139. The molecule has 0 saturated heterocycles. The summed E-state index contributed by atoms with van der Waals surface area (Å²) >= 11 is 0. The Hall–Kier alpha value is -0.790. The van der Waals surface area contributed by atoms with E-state index in [0.717, 1.165) is 18.8 Å². The minimum atomic E-state index is -0.259. The fourth-order valence-electron chi connectivity index (χ4n) is 2.23. The second kappa shape index (κ2) is 12.3. The van der Waals surface area contributed by atoms with Crippen molar-refractivity contribution in [2.45, 2.75) is 78.6 Å². The van der Waals surface area contributed by atoms with Crippen molar-refractivity contribution < 1.29 is 9.53 Å². The van der Waals surface area contributed by atoms with Gasteiger partial charge in [0.1, 0.15) is 0 Å². The molecule has 0 aromatic rings. The summed E-state index contributed by atoms with van der Waals surface area (Å²) in [6, 6.07) is 0. The molecule has 0 atom stereocenters. The number of unbranched alkanes of at least 4 members (excludes halogenated alkanes) is 5. The van der Waals surface area contributed by atoms with Gasteiger partial charge in [-0.05, 0) is 19.3 Å². The third kappa shape index (κ3) is 10.8. The molecule has 0 fully saturated rings. The molecule has 0 aromatic carbocycles. The van der Waals surface area contributed by atoms with Crippen LogP contribution in [0.4, 0.5) is 0 Å². The van der Waals surface area contributed by atoms with Crippen LogP contribution in [0.25, 0.3) is 0 Å². The standard InChI is InChI=1S/C17H32O2/c1-5-16(6-2)13-11-9-7-8-10-12-14-19-17(18)15(3)4/h16H,3,5-14H2,1-2,4H3. The number of hydrogen-bond donors (Lipinski definition) is 0. The summed E-state index contributed by atoms with van der Waals surface area (Å²) in [7, 11) is 0. The van der Waals surface area contributed by atoms with Crippen LogP contribution in [0.2, 0.25) is 0 Å². The molecule has 19 heavy (non-hydrogen) atoms. The molecule has 0 unspecified atom stereocenters. The summed E-state index contributed by atoms with van der Waals surface area (Å²) in [6.07, 6.45) is 11.5. The Morgan fingerprint density at radius 1 is 1.00 bits per heavy atom. The predicted octanol–water partition coefficient (Wildman–Crippen LogP) is 5.27. The predicted molar refractivity (Wildman–Crippen MR) is 82.2 cm³/mol. The summed E-state index contributed by atoms with van der Waals surface area (Å²) < 4.78 is 5.05. The maximum atomic E-state index is 11.1. The van der Waals surface area contributed by atoms with Crippen LogP contribution in [0.15, 0.2) is 12.2 Å². The van der Waals surface area contributed by atoms with E-state index in [0.29, 0.717) is 12.2 Å². The highest BCUT2D eigenvalue weighted by Crippen LogP contribution is 2.17. The van der Waals surface area contributed by atoms with Gasteiger partial charge in [0.05, 0.1) is 6.61 Å². The highest BCUT2D eigenvalue weighted by atomic mass is 16.5. The first kappa shape index (κ1) is 18.2. The minimum absolute atomic E-state index is 0.259. The summed E-state index contributed by atoms with van der Waals surface area (Å²) in [5.41, 5.74) is 0.487. The van der Waals surface area contributed by atoms with Crippen LogP contribution in [0, 0.1) is 5.92 Å². The van der Waals surface area contributed by atoms with E-state index >= 15 is 0 Å². The van der Waals surface area contributed by atoms with Gasteiger partial charge in [-0.1, -0.05) is 71.8 Å². The fourth-order valence-corrected chi connectivity index (χ4v) is 2.23. The quantitative estimate of drug-likeness (QED) is 0.274. The maximum absolute atomic E-state index is 11.1. The van der Waals surface area contributed by atoms with E-state index in [2.05, 4.69) is 20.4 Å². The van der Waals surface area contributed by atoms with E-state index in [-0.39, 0.29) is 5.97 Å². The smallest absolute Gasteiger partial charge is 0.333 e. The Labute approximate surface area is 119 Å². The number of hydrogen-bond acceptors (Lipinski definition) is 2. The zero-order valence-electron chi connectivity index (χ0n) is 13.2. The van der Waals surface area contributed by atoms with Gasteiger partial charge in [-0.15, -0.1) is 0 Å². The highest BCUT2D eigenvalue weighted by Gasteiger charge is 2.03. The van der Waals surface area contributed by atoms with Crippen molar-refractivity contribution in [3.8, 4) is 0 Å². The van der Waals surface area contributed by atoms with Gasteiger partial charge < -0.3 is 4.74 Å².